The molecule has 0 amide bonds. The molecule has 0 atom stereocenters. The van der Waals surface area contributed by atoms with Gasteiger partial charge in [-0.2, -0.15) is 0 Å². The predicted molar refractivity (Wildman–Crippen MR) is 129 cm³/mol. The summed E-state index contributed by atoms with van der Waals surface area (Å²) in [6.07, 6.45) is 1.55. The van der Waals surface area contributed by atoms with Crippen LogP contribution in [0.1, 0.15) is 27.0 Å². The summed E-state index contributed by atoms with van der Waals surface area (Å²) in [5.74, 6) is -0.449. The number of hydrogen-bond acceptors (Lipinski definition) is 6. The quantitative estimate of drug-likeness (QED) is 0.232. The zero-order chi connectivity index (χ0) is 23.5. The first-order valence-electron chi connectivity index (χ1n) is 9.80. The van der Waals surface area contributed by atoms with E-state index in [1.165, 1.54) is 7.11 Å². The summed E-state index contributed by atoms with van der Waals surface area (Å²) in [4.78, 5) is 29.3. The fraction of sp³-hybridized carbons (Fsp3) is 0.0800. The largest absolute Gasteiger partial charge is 0.493 e. The zero-order valence-corrected chi connectivity index (χ0v) is 19.9. The van der Waals surface area contributed by atoms with E-state index in [1.807, 2.05) is 19.1 Å². The van der Waals surface area contributed by atoms with Gasteiger partial charge in [-0.15, -0.1) is 0 Å². The van der Waals surface area contributed by atoms with E-state index in [4.69, 9.17) is 25.8 Å². The molecule has 1 aliphatic heterocycles. The smallest absolute Gasteiger partial charge is 0.363 e. The molecule has 0 saturated heterocycles. The maximum atomic E-state index is 12.7. The second-order valence-corrected chi connectivity index (χ2v) is 8.32. The summed E-state index contributed by atoms with van der Waals surface area (Å²) in [5, 5.41) is 0.425. The minimum absolute atomic E-state index is 0.100. The van der Waals surface area contributed by atoms with Crippen molar-refractivity contribution < 1.29 is 23.8 Å². The third-order valence-electron chi connectivity index (χ3n) is 4.84. The molecule has 0 spiro atoms. The first-order valence-corrected chi connectivity index (χ1v) is 11.0. The van der Waals surface area contributed by atoms with Crippen LogP contribution in [0, 0.1) is 6.92 Å². The third-order valence-corrected chi connectivity index (χ3v) is 5.76. The lowest BCUT2D eigenvalue weighted by Gasteiger charge is -2.13. The van der Waals surface area contributed by atoms with Crippen LogP contribution in [0.15, 0.2) is 75.8 Å². The van der Waals surface area contributed by atoms with Crippen LogP contribution >= 0.6 is 27.5 Å². The predicted octanol–water partition coefficient (Wildman–Crippen LogP) is 5.98. The molecule has 0 saturated carbocycles. The second-order valence-electron chi connectivity index (χ2n) is 7.05. The van der Waals surface area contributed by atoms with Crippen LogP contribution in [-0.4, -0.2) is 24.9 Å². The number of rotatable bonds is 5. The van der Waals surface area contributed by atoms with Crippen molar-refractivity contribution in [3.63, 3.8) is 0 Å². The topological polar surface area (TPSA) is 74.2 Å². The number of esters is 2. The second kappa shape index (κ2) is 9.60. The highest BCUT2D eigenvalue weighted by molar-refractivity contribution is 9.10. The van der Waals surface area contributed by atoms with Crippen LogP contribution in [0.25, 0.3) is 6.08 Å². The Hall–Kier alpha value is -3.42. The van der Waals surface area contributed by atoms with Gasteiger partial charge < -0.3 is 14.2 Å². The summed E-state index contributed by atoms with van der Waals surface area (Å²) in [6, 6.07) is 17.4. The van der Waals surface area contributed by atoms with Crippen LogP contribution < -0.4 is 9.47 Å². The van der Waals surface area contributed by atoms with Crippen molar-refractivity contribution >= 4 is 51.4 Å². The molecule has 0 aromatic heterocycles. The van der Waals surface area contributed by atoms with Gasteiger partial charge in [-0.3, -0.25) is 0 Å². The average Bonchev–Trinajstić information content (AvgIpc) is 3.15. The highest BCUT2D eigenvalue weighted by Crippen LogP contribution is 2.38. The molecule has 3 aromatic carbocycles. The Labute approximate surface area is 203 Å². The molecule has 166 valence electrons. The normalized spacial score (nSPS) is 14.1. The zero-order valence-electron chi connectivity index (χ0n) is 17.6. The molecule has 1 heterocycles. The number of aliphatic imine (C=N–C) groups is 1. The Morgan fingerprint density at radius 1 is 1.12 bits per heavy atom. The molecule has 4 rings (SSSR count). The summed E-state index contributed by atoms with van der Waals surface area (Å²) < 4.78 is 16.8. The van der Waals surface area contributed by atoms with Gasteiger partial charge >= 0.3 is 11.9 Å². The summed E-state index contributed by atoms with van der Waals surface area (Å²) in [7, 11) is 1.46. The molecule has 8 heteroatoms. The molecule has 0 aliphatic carbocycles. The fourth-order valence-corrected chi connectivity index (χ4v) is 3.95. The standard InChI is InChI=1S/C25H17BrClNO5/c1-14-7-3-4-8-16(14)24(29)32-22-18(26)11-15(13-21(22)31-2)12-20-25(30)33-23(28-20)17-9-5-6-10-19(17)27/h3-13H,1-2H3/b20-12-. The molecule has 0 N–H and O–H groups in total. The number of aryl methyl sites for hydroxylation is 1. The summed E-state index contributed by atoms with van der Waals surface area (Å²) >= 11 is 9.60. The Kier molecular flexibility index (Phi) is 6.62. The van der Waals surface area contributed by atoms with Gasteiger partial charge in [0.2, 0.25) is 5.90 Å². The average molecular weight is 527 g/mol. The van der Waals surface area contributed by atoms with E-state index >= 15 is 0 Å². The maximum absolute atomic E-state index is 12.7. The molecule has 3 aromatic rings. The van der Waals surface area contributed by atoms with Gasteiger partial charge in [-0.25, -0.2) is 14.6 Å². The number of benzene rings is 3. The molecule has 0 radical (unpaired) electrons. The van der Waals surface area contributed by atoms with Crippen molar-refractivity contribution in [3.05, 3.63) is 98.1 Å². The Bertz CT molecular complexity index is 1330. The minimum atomic E-state index is -0.602. The molecule has 1 aliphatic rings. The lowest BCUT2D eigenvalue weighted by atomic mass is 10.1. The highest BCUT2D eigenvalue weighted by Gasteiger charge is 2.26. The number of cyclic esters (lactones) is 1. The number of hydrogen-bond donors (Lipinski definition) is 0. The molecular weight excluding hydrogens is 510 g/mol. The van der Waals surface area contributed by atoms with Crippen molar-refractivity contribution in [2.45, 2.75) is 6.92 Å². The summed E-state index contributed by atoms with van der Waals surface area (Å²) in [6.45, 7) is 1.83. The molecule has 6 nitrogen and oxygen atoms in total. The molecule has 0 fully saturated rings. The van der Waals surface area contributed by atoms with E-state index in [0.717, 1.165) is 5.56 Å². The lowest BCUT2D eigenvalue weighted by Crippen LogP contribution is -2.11. The van der Waals surface area contributed by atoms with Crippen molar-refractivity contribution in [3.8, 4) is 11.5 Å². The van der Waals surface area contributed by atoms with Crippen LogP contribution in [0.5, 0.6) is 11.5 Å². The van der Waals surface area contributed by atoms with Gasteiger partial charge in [-0.1, -0.05) is 41.9 Å². The number of carbonyl (C=O) groups excluding carboxylic acids is 2. The van der Waals surface area contributed by atoms with E-state index in [-0.39, 0.29) is 17.3 Å². The SMILES string of the molecule is COc1cc(/C=C2\N=C(c3ccccc3Cl)OC2=O)cc(Br)c1OC(=O)c1ccccc1C. The number of carbonyl (C=O) groups is 2. The van der Waals surface area contributed by atoms with Crippen LogP contribution in [0.4, 0.5) is 0 Å². The van der Waals surface area contributed by atoms with Crippen LogP contribution in [-0.2, 0) is 9.53 Å². The van der Waals surface area contributed by atoms with Crippen molar-refractivity contribution in [2.75, 3.05) is 7.11 Å². The van der Waals surface area contributed by atoms with Crippen LogP contribution in [0.3, 0.4) is 0 Å². The van der Waals surface area contributed by atoms with E-state index in [9.17, 15) is 9.59 Å². The Balaban J connectivity index is 1.65. The Morgan fingerprint density at radius 2 is 1.85 bits per heavy atom. The van der Waals surface area contributed by atoms with Crippen molar-refractivity contribution in [1.82, 2.24) is 0 Å². The molecule has 0 unspecified atom stereocenters. The van der Waals surface area contributed by atoms with Gasteiger partial charge in [0.1, 0.15) is 0 Å². The number of nitrogens with zero attached hydrogens (tertiary/aromatic N) is 1. The Morgan fingerprint density at radius 3 is 2.58 bits per heavy atom. The molecule has 0 bridgehead atoms. The van der Waals surface area contributed by atoms with Gasteiger partial charge in [0.25, 0.3) is 0 Å². The highest BCUT2D eigenvalue weighted by atomic mass is 79.9. The van der Waals surface area contributed by atoms with Gasteiger partial charge in [0.15, 0.2) is 17.2 Å². The van der Waals surface area contributed by atoms with Gasteiger partial charge in [0, 0.05) is 0 Å². The van der Waals surface area contributed by atoms with Gasteiger partial charge in [-0.05, 0) is 70.4 Å². The number of methoxy groups -OCH3 is 1. The lowest BCUT2D eigenvalue weighted by molar-refractivity contribution is -0.129. The third kappa shape index (κ3) is 4.84. The van der Waals surface area contributed by atoms with Crippen molar-refractivity contribution in [1.29, 1.82) is 0 Å². The first kappa shape index (κ1) is 22.8. The molecular formula is C25H17BrClNO5. The molecule has 33 heavy (non-hydrogen) atoms. The number of halogens is 2. The minimum Gasteiger partial charge on any atom is -0.493 e. The van der Waals surface area contributed by atoms with Crippen LogP contribution in [0.2, 0.25) is 5.02 Å². The van der Waals surface area contributed by atoms with Crippen molar-refractivity contribution in [2.24, 2.45) is 4.99 Å². The summed E-state index contributed by atoms with van der Waals surface area (Å²) in [5.41, 5.74) is 2.46. The number of ether oxygens (including phenoxy) is 3. The monoisotopic (exact) mass is 525 g/mol. The first-order chi connectivity index (χ1) is 15.9. The van der Waals surface area contributed by atoms with E-state index in [1.54, 1.807) is 54.6 Å². The maximum Gasteiger partial charge on any atom is 0.363 e. The van der Waals surface area contributed by atoms with E-state index in [2.05, 4.69) is 20.9 Å². The van der Waals surface area contributed by atoms with E-state index in [0.29, 0.717) is 31.9 Å². The van der Waals surface area contributed by atoms with Gasteiger partial charge in [0.05, 0.1) is 27.7 Å². The fourth-order valence-electron chi connectivity index (χ4n) is 3.19. The van der Waals surface area contributed by atoms with E-state index < -0.39 is 11.9 Å².